The van der Waals surface area contributed by atoms with Crippen LogP contribution in [0.5, 0.6) is 0 Å². The van der Waals surface area contributed by atoms with Gasteiger partial charge in [0.05, 0.1) is 15.6 Å². The van der Waals surface area contributed by atoms with Crippen LogP contribution in [0.25, 0.3) is 10.8 Å². The highest BCUT2D eigenvalue weighted by atomic mass is 32.1. The molecule has 4 aromatic carbocycles. The number of benzene rings is 4. The van der Waals surface area contributed by atoms with E-state index >= 15 is 0 Å². The van der Waals surface area contributed by atoms with Gasteiger partial charge in [0.2, 0.25) is 0 Å². The van der Waals surface area contributed by atoms with Gasteiger partial charge in [-0.3, -0.25) is 0 Å². The Morgan fingerprint density at radius 3 is 1.36 bits per heavy atom. The van der Waals surface area contributed by atoms with Crippen LogP contribution in [0, 0.1) is 0 Å². The summed E-state index contributed by atoms with van der Waals surface area (Å²) in [5.74, 6) is 0. The largest absolute Gasteiger partial charge is 0.416 e. The Morgan fingerprint density at radius 1 is 0.548 bits per heavy atom. The van der Waals surface area contributed by atoms with Crippen molar-refractivity contribution >= 4 is 60.5 Å². The molecule has 11 heteroatoms. The van der Waals surface area contributed by atoms with E-state index in [9.17, 15) is 13.2 Å². The van der Waals surface area contributed by atoms with Gasteiger partial charge in [-0.15, -0.1) is 11.3 Å². The van der Waals surface area contributed by atoms with Crippen LogP contribution in [-0.2, 0) is 6.18 Å². The van der Waals surface area contributed by atoms with Crippen LogP contribution < -0.4 is 39.3 Å². The Hall–Kier alpha value is -4.77. The minimum Gasteiger partial charge on any atom is -0.399 e. The van der Waals surface area contributed by atoms with Gasteiger partial charge in [0.15, 0.2) is 0 Å². The first-order valence-corrected chi connectivity index (χ1v) is 13.9. The number of thiophene rings is 1. The molecular formula is C31H36F3N7S. The molecule has 1 aliphatic heterocycles. The van der Waals surface area contributed by atoms with E-state index in [4.69, 9.17) is 34.4 Å². The van der Waals surface area contributed by atoms with E-state index in [0.29, 0.717) is 5.69 Å². The minimum atomic E-state index is -4.27. The topological polar surface area (TPSA) is 159 Å². The number of fused-ring (bicyclic) bond motifs is 1. The molecule has 0 aliphatic carbocycles. The molecule has 7 nitrogen and oxygen atoms in total. The van der Waals surface area contributed by atoms with Crippen LogP contribution in [0.3, 0.4) is 0 Å². The summed E-state index contributed by atoms with van der Waals surface area (Å²) in [6, 6.07) is 27.1. The average Bonchev–Trinajstić information content (AvgIpc) is 3.66. The zero-order valence-corrected chi connectivity index (χ0v) is 23.8. The Kier molecular flexibility index (Phi) is 11.1. The van der Waals surface area contributed by atoms with Crippen LogP contribution in [0.4, 0.5) is 51.6 Å². The predicted molar refractivity (Wildman–Crippen MR) is 174 cm³/mol. The summed E-state index contributed by atoms with van der Waals surface area (Å²) in [4.78, 5) is 2.40. The lowest BCUT2D eigenvalue weighted by atomic mass is 10.1. The Labute approximate surface area is 247 Å². The Morgan fingerprint density at radius 2 is 0.976 bits per heavy atom. The van der Waals surface area contributed by atoms with Crippen LogP contribution in [0.15, 0.2) is 97.1 Å². The standard InChI is InChI=1S/C10H10N2.C8H12N2S.C7H6F3N.C6H8N2/c11-9-5-6-10(12)8-4-2-1-3-7(8)9;9-7-3-4-8(11-7)10-5-1-2-6-10;8-7(9,10)5-1-3-6(11)4-2-5;7-5-1-2-6(8)4-3-5/h1-6H,11-12H2;3-4H,1-2,5-6,9H2;1-4H,11H2;1-4H,7-8H2. The van der Waals surface area contributed by atoms with Gasteiger partial charge in [-0.25, -0.2) is 0 Å². The third-order valence-electron chi connectivity index (χ3n) is 6.20. The first-order valence-electron chi connectivity index (χ1n) is 13.1. The zero-order valence-electron chi connectivity index (χ0n) is 23.0. The molecule has 0 radical (unpaired) electrons. The summed E-state index contributed by atoms with van der Waals surface area (Å²) >= 11 is 1.69. The number of hydrogen-bond donors (Lipinski definition) is 6. The Bertz CT molecular complexity index is 1470. The number of alkyl halides is 3. The molecule has 0 spiro atoms. The normalized spacial score (nSPS) is 12.3. The molecule has 1 aromatic heterocycles. The summed E-state index contributed by atoms with van der Waals surface area (Å²) in [6.45, 7) is 2.42. The highest BCUT2D eigenvalue weighted by molar-refractivity contribution is 7.19. The lowest BCUT2D eigenvalue weighted by molar-refractivity contribution is -0.137. The van der Waals surface area contributed by atoms with Crippen molar-refractivity contribution in [3.8, 4) is 0 Å². The molecule has 1 fully saturated rings. The lowest BCUT2D eigenvalue weighted by Gasteiger charge is -2.13. The molecule has 1 aliphatic rings. The fourth-order valence-electron chi connectivity index (χ4n) is 3.96. The van der Waals surface area contributed by atoms with Gasteiger partial charge in [-0.1, -0.05) is 24.3 Å². The summed E-state index contributed by atoms with van der Waals surface area (Å²) in [7, 11) is 0. The van der Waals surface area contributed by atoms with E-state index in [1.165, 1.54) is 43.1 Å². The van der Waals surface area contributed by atoms with E-state index in [1.54, 1.807) is 35.6 Å². The fraction of sp³-hybridized carbons (Fsp3) is 0.161. The third kappa shape index (κ3) is 9.70. The molecule has 2 heterocycles. The maximum atomic E-state index is 11.9. The second-order valence-electron chi connectivity index (χ2n) is 9.45. The predicted octanol–water partition coefficient (Wildman–Crippen LogP) is 7.07. The maximum absolute atomic E-state index is 11.9. The van der Waals surface area contributed by atoms with Gasteiger partial charge in [-0.05, 0) is 85.6 Å². The number of anilines is 7. The maximum Gasteiger partial charge on any atom is 0.416 e. The van der Waals surface area contributed by atoms with Crippen molar-refractivity contribution < 1.29 is 13.2 Å². The van der Waals surface area contributed by atoms with E-state index in [1.807, 2.05) is 42.5 Å². The van der Waals surface area contributed by atoms with Crippen molar-refractivity contribution in [3.63, 3.8) is 0 Å². The second-order valence-corrected chi connectivity index (χ2v) is 10.5. The van der Waals surface area contributed by atoms with Crippen molar-refractivity contribution in [3.05, 3.63) is 103 Å². The second kappa shape index (κ2) is 14.7. The molecule has 12 N–H and O–H groups in total. The monoisotopic (exact) mass is 595 g/mol. The number of hydrogen-bond acceptors (Lipinski definition) is 8. The molecule has 0 unspecified atom stereocenters. The number of nitrogens with two attached hydrogens (primary N) is 6. The summed E-state index contributed by atoms with van der Waals surface area (Å²) in [5, 5.41) is 4.31. The average molecular weight is 596 g/mol. The molecule has 6 rings (SSSR count). The van der Waals surface area contributed by atoms with E-state index in [-0.39, 0.29) is 0 Å². The molecule has 222 valence electrons. The molecule has 0 atom stereocenters. The summed E-state index contributed by atoms with van der Waals surface area (Å²) in [5.41, 5.74) is 35.8. The molecule has 5 aromatic rings. The minimum absolute atomic E-state index is 0.331. The highest BCUT2D eigenvalue weighted by Gasteiger charge is 2.29. The fourth-order valence-corrected chi connectivity index (χ4v) is 4.79. The van der Waals surface area contributed by atoms with E-state index in [0.717, 1.165) is 50.7 Å². The molecule has 1 saturated heterocycles. The number of rotatable bonds is 1. The van der Waals surface area contributed by atoms with Crippen molar-refractivity contribution in [2.24, 2.45) is 0 Å². The quantitative estimate of drug-likeness (QED) is 0.113. The number of nitrogen functional groups attached to an aromatic ring is 6. The van der Waals surface area contributed by atoms with Crippen molar-refractivity contribution in [1.29, 1.82) is 0 Å². The van der Waals surface area contributed by atoms with Crippen molar-refractivity contribution in [2.45, 2.75) is 19.0 Å². The smallest absolute Gasteiger partial charge is 0.399 e. The van der Waals surface area contributed by atoms with Gasteiger partial charge in [0, 0.05) is 52.3 Å². The third-order valence-corrected chi connectivity index (χ3v) is 7.17. The highest BCUT2D eigenvalue weighted by Crippen LogP contribution is 2.30. The van der Waals surface area contributed by atoms with Gasteiger partial charge in [0.1, 0.15) is 0 Å². The van der Waals surface area contributed by atoms with Crippen LogP contribution in [-0.4, -0.2) is 13.1 Å². The van der Waals surface area contributed by atoms with Gasteiger partial charge < -0.3 is 39.3 Å². The Balaban J connectivity index is 0.000000155. The zero-order chi connectivity index (χ0) is 30.7. The SMILES string of the molecule is Nc1ccc(C(F)(F)F)cc1.Nc1ccc(N)c2ccccc12.Nc1ccc(N)cc1.Nc1ccc(N2CCCC2)s1. The van der Waals surface area contributed by atoms with Crippen molar-refractivity contribution in [2.75, 3.05) is 52.4 Å². The first-order chi connectivity index (χ1) is 19.9. The summed E-state index contributed by atoms with van der Waals surface area (Å²) < 4.78 is 35.6. The molecule has 42 heavy (non-hydrogen) atoms. The summed E-state index contributed by atoms with van der Waals surface area (Å²) in [6.07, 6.45) is -1.61. The van der Waals surface area contributed by atoms with Crippen molar-refractivity contribution in [1.82, 2.24) is 0 Å². The number of halogens is 3. The lowest BCUT2D eigenvalue weighted by Crippen LogP contribution is -2.15. The van der Waals surface area contributed by atoms with Gasteiger partial charge >= 0.3 is 6.18 Å². The molecule has 0 saturated carbocycles. The first kappa shape index (κ1) is 31.8. The molecule has 0 bridgehead atoms. The van der Waals surface area contributed by atoms with Gasteiger partial charge in [0.25, 0.3) is 0 Å². The van der Waals surface area contributed by atoms with E-state index < -0.39 is 11.7 Å². The van der Waals surface area contributed by atoms with Gasteiger partial charge in [-0.2, -0.15) is 13.2 Å². The van der Waals surface area contributed by atoms with Crippen LogP contribution >= 0.6 is 11.3 Å². The van der Waals surface area contributed by atoms with Crippen LogP contribution in [0.1, 0.15) is 18.4 Å². The molecular weight excluding hydrogens is 559 g/mol. The van der Waals surface area contributed by atoms with E-state index in [2.05, 4.69) is 11.0 Å². The molecule has 0 amide bonds. The number of nitrogens with zero attached hydrogens (tertiary/aromatic N) is 1. The van der Waals surface area contributed by atoms with Crippen LogP contribution in [0.2, 0.25) is 0 Å².